The Morgan fingerprint density at radius 2 is 1.89 bits per heavy atom. The molecule has 1 aromatic carbocycles. The summed E-state index contributed by atoms with van der Waals surface area (Å²) in [5.74, 6) is -1.85. The third-order valence-corrected chi connectivity index (χ3v) is 3.27. The second kappa shape index (κ2) is 7.56. The molecule has 2 nitrogen and oxygen atoms in total. The molecule has 19 heavy (non-hydrogen) atoms. The molecule has 0 radical (unpaired) electrons. The smallest absolute Gasteiger partial charge is 0.164 e. The van der Waals surface area contributed by atoms with Crippen LogP contribution in [0.4, 0.5) is 8.78 Å². The fourth-order valence-corrected chi connectivity index (χ4v) is 2.14. The average molecular weight is 271 g/mol. The van der Waals surface area contributed by atoms with Gasteiger partial charge in [-0.1, -0.05) is 19.1 Å². The molecule has 0 aliphatic carbocycles. The SMILES string of the molecule is CCCN(CCC(O)c1cccc(F)c1F)C(C)C. The van der Waals surface area contributed by atoms with E-state index in [4.69, 9.17) is 0 Å². The van der Waals surface area contributed by atoms with E-state index in [-0.39, 0.29) is 5.56 Å². The number of nitrogens with zero attached hydrogens (tertiary/aromatic N) is 1. The largest absolute Gasteiger partial charge is 0.388 e. The summed E-state index contributed by atoms with van der Waals surface area (Å²) in [6.07, 6.45) is 0.468. The maximum Gasteiger partial charge on any atom is 0.164 e. The lowest BCUT2D eigenvalue weighted by molar-refractivity contribution is 0.126. The molecule has 0 aliphatic heterocycles. The Bertz CT molecular complexity index is 396. The lowest BCUT2D eigenvalue weighted by atomic mass is 10.0. The van der Waals surface area contributed by atoms with Gasteiger partial charge in [-0.2, -0.15) is 0 Å². The first kappa shape index (κ1) is 16.1. The highest BCUT2D eigenvalue weighted by atomic mass is 19.2. The van der Waals surface area contributed by atoms with Gasteiger partial charge in [-0.3, -0.25) is 0 Å². The van der Waals surface area contributed by atoms with Crippen LogP contribution in [0.3, 0.4) is 0 Å². The minimum absolute atomic E-state index is 0.0419. The minimum atomic E-state index is -0.964. The van der Waals surface area contributed by atoms with Crippen molar-refractivity contribution in [1.82, 2.24) is 4.90 Å². The maximum absolute atomic E-state index is 13.5. The van der Waals surface area contributed by atoms with Crippen LogP contribution < -0.4 is 0 Å². The van der Waals surface area contributed by atoms with Gasteiger partial charge in [0.25, 0.3) is 0 Å². The monoisotopic (exact) mass is 271 g/mol. The number of rotatable bonds is 7. The number of benzene rings is 1. The van der Waals surface area contributed by atoms with Crippen LogP contribution in [-0.4, -0.2) is 29.1 Å². The maximum atomic E-state index is 13.5. The van der Waals surface area contributed by atoms with Gasteiger partial charge in [-0.25, -0.2) is 8.78 Å². The molecule has 1 N–H and O–H groups in total. The van der Waals surface area contributed by atoms with Crippen molar-refractivity contribution in [1.29, 1.82) is 0 Å². The highest BCUT2D eigenvalue weighted by molar-refractivity contribution is 5.21. The third kappa shape index (κ3) is 4.55. The van der Waals surface area contributed by atoms with Gasteiger partial charge in [0.2, 0.25) is 0 Å². The average Bonchev–Trinajstić information content (AvgIpc) is 2.37. The summed E-state index contributed by atoms with van der Waals surface area (Å²) in [7, 11) is 0. The van der Waals surface area contributed by atoms with Gasteiger partial charge >= 0.3 is 0 Å². The van der Waals surface area contributed by atoms with Crippen LogP contribution in [0.2, 0.25) is 0 Å². The zero-order chi connectivity index (χ0) is 14.4. The van der Waals surface area contributed by atoms with E-state index in [1.807, 2.05) is 0 Å². The standard InChI is InChI=1S/C15H23F2NO/c1-4-9-18(11(2)3)10-8-14(19)12-6-5-7-13(16)15(12)17/h5-7,11,14,19H,4,8-10H2,1-3H3. The number of hydrogen-bond donors (Lipinski definition) is 1. The fourth-order valence-electron chi connectivity index (χ4n) is 2.14. The highest BCUT2D eigenvalue weighted by Crippen LogP contribution is 2.22. The van der Waals surface area contributed by atoms with Crippen LogP contribution in [0.15, 0.2) is 18.2 Å². The zero-order valence-electron chi connectivity index (χ0n) is 11.9. The summed E-state index contributed by atoms with van der Waals surface area (Å²) in [5, 5.41) is 9.99. The van der Waals surface area contributed by atoms with Crippen molar-refractivity contribution in [2.45, 2.75) is 45.8 Å². The van der Waals surface area contributed by atoms with Crippen LogP contribution in [0.5, 0.6) is 0 Å². The molecule has 0 aromatic heterocycles. The minimum Gasteiger partial charge on any atom is -0.388 e. The number of aliphatic hydroxyl groups is 1. The molecular weight excluding hydrogens is 248 g/mol. The first-order valence-corrected chi connectivity index (χ1v) is 6.83. The summed E-state index contributed by atoms with van der Waals surface area (Å²) in [6, 6.07) is 4.29. The van der Waals surface area contributed by atoms with Crippen LogP contribution in [0.1, 0.15) is 45.3 Å². The Labute approximate surface area is 114 Å². The van der Waals surface area contributed by atoms with Gasteiger partial charge in [-0.15, -0.1) is 0 Å². The van der Waals surface area contributed by atoms with Gasteiger partial charge in [0.1, 0.15) is 0 Å². The van der Waals surface area contributed by atoms with E-state index in [0.29, 0.717) is 19.0 Å². The van der Waals surface area contributed by atoms with E-state index in [2.05, 4.69) is 25.7 Å². The second-order valence-corrected chi connectivity index (χ2v) is 5.08. The Hall–Kier alpha value is -1.00. The molecule has 4 heteroatoms. The summed E-state index contributed by atoms with van der Waals surface area (Å²) in [5.41, 5.74) is 0.0419. The molecular formula is C15H23F2NO. The molecule has 0 saturated carbocycles. The van der Waals surface area contributed by atoms with Crippen molar-refractivity contribution in [2.24, 2.45) is 0 Å². The van der Waals surface area contributed by atoms with Crippen molar-refractivity contribution < 1.29 is 13.9 Å². The van der Waals surface area contributed by atoms with E-state index < -0.39 is 17.7 Å². The molecule has 0 bridgehead atoms. The zero-order valence-corrected chi connectivity index (χ0v) is 11.9. The van der Waals surface area contributed by atoms with Gasteiger partial charge in [0, 0.05) is 18.2 Å². The van der Waals surface area contributed by atoms with E-state index >= 15 is 0 Å². The van der Waals surface area contributed by atoms with Gasteiger partial charge < -0.3 is 10.0 Å². The predicted molar refractivity (Wildman–Crippen MR) is 72.9 cm³/mol. The molecule has 1 atom stereocenters. The molecule has 108 valence electrons. The molecule has 1 unspecified atom stereocenters. The first-order chi connectivity index (χ1) is 8.97. The molecule has 1 aromatic rings. The Morgan fingerprint density at radius 3 is 2.47 bits per heavy atom. The van der Waals surface area contributed by atoms with Gasteiger partial charge in [0.15, 0.2) is 11.6 Å². The molecule has 0 heterocycles. The fraction of sp³-hybridized carbons (Fsp3) is 0.600. The Balaban J connectivity index is 2.64. The van der Waals surface area contributed by atoms with Crippen molar-refractivity contribution in [3.05, 3.63) is 35.4 Å². The van der Waals surface area contributed by atoms with Gasteiger partial charge in [-0.05, 0) is 39.3 Å². The van der Waals surface area contributed by atoms with Crippen LogP contribution in [0.25, 0.3) is 0 Å². The van der Waals surface area contributed by atoms with E-state index in [9.17, 15) is 13.9 Å². The van der Waals surface area contributed by atoms with E-state index in [1.165, 1.54) is 12.1 Å². The number of aliphatic hydroxyl groups excluding tert-OH is 1. The van der Waals surface area contributed by atoms with E-state index in [0.717, 1.165) is 19.0 Å². The first-order valence-electron chi connectivity index (χ1n) is 6.83. The molecule has 0 saturated heterocycles. The summed E-state index contributed by atoms with van der Waals surface area (Å²) in [6.45, 7) is 7.88. The van der Waals surface area contributed by atoms with Crippen LogP contribution >= 0.6 is 0 Å². The Kier molecular flexibility index (Phi) is 6.38. The summed E-state index contributed by atoms with van der Waals surface area (Å²) >= 11 is 0. The highest BCUT2D eigenvalue weighted by Gasteiger charge is 2.17. The second-order valence-electron chi connectivity index (χ2n) is 5.08. The lowest BCUT2D eigenvalue weighted by Gasteiger charge is -2.27. The molecule has 0 aliphatic rings. The topological polar surface area (TPSA) is 23.5 Å². The van der Waals surface area contributed by atoms with Crippen molar-refractivity contribution in [2.75, 3.05) is 13.1 Å². The van der Waals surface area contributed by atoms with Crippen LogP contribution in [0, 0.1) is 11.6 Å². The number of halogens is 2. The van der Waals surface area contributed by atoms with Gasteiger partial charge in [0.05, 0.1) is 6.10 Å². The summed E-state index contributed by atoms with van der Waals surface area (Å²) in [4.78, 5) is 2.22. The van der Waals surface area contributed by atoms with Crippen LogP contribution in [-0.2, 0) is 0 Å². The summed E-state index contributed by atoms with van der Waals surface area (Å²) < 4.78 is 26.6. The molecule has 0 fully saturated rings. The normalized spacial score (nSPS) is 13.3. The van der Waals surface area contributed by atoms with Crippen molar-refractivity contribution in [3.63, 3.8) is 0 Å². The molecule has 0 amide bonds. The molecule has 0 spiro atoms. The quantitative estimate of drug-likeness (QED) is 0.820. The lowest BCUT2D eigenvalue weighted by Crippen LogP contribution is -2.33. The van der Waals surface area contributed by atoms with Crippen molar-refractivity contribution in [3.8, 4) is 0 Å². The molecule has 1 rings (SSSR count). The third-order valence-electron chi connectivity index (χ3n) is 3.27. The number of hydrogen-bond acceptors (Lipinski definition) is 2. The van der Waals surface area contributed by atoms with Crippen molar-refractivity contribution >= 4 is 0 Å². The van der Waals surface area contributed by atoms with E-state index in [1.54, 1.807) is 0 Å². The Morgan fingerprint density at radius 1 is 1.21 bits per heavy atom. The predicted octanol–water partition coefficient (Wildman–Crippen LogP) is 3.51.